The monoisotopic (exact) mass is 309 g/mol. The number of fused-ring (bicyclic) bond motifs is 1. The van der Waals surface area contributed by atoms with Gasteiger partial charge in [0.1, 0.15) is 16.8 Å². The van der Waals surface area contributed by atoms with E-state index < -0.39 is 0 Å². The van der Waals surface area contributed by atoms with Gasteiger partial charge in [0.25, 0.3) is 0 Å². The Morgan fingerprint density at radius 1 is 1.29 bits per heavy atom. The molecule has 1 aliphatic heterocycles. The first-order chi connectivity index (χ1) is 10.2. The maximum absolute atomic E-state index is 6.34. The minimum Gasteiger partial charge on any atom is -0.374 e. The lowest BCUT2D eigenvalue weighted by Gasteiger charge is -2.45. The van der Waals surface area contributed by atoms with Crippen LogP contribution in [-0.2, 0) is 11.2 Å². The van der Waals surface area contributed by atoms with E-state index in [1.807, 2.05) is 6.92 Å². The van der Waals surface area contributed by atoms with Gasteiger partial charge in [0.05, 0.1) is 18.8 Å². The van der Waals surface area contributed by atoms with Crippen molar-refractivity contribution in [1.82, 2.24) is 9.97 Å². The average Bonchev–Trinajstić information content (AvgIpc) is 2.50. The highest BCUT2D eigenvalue weighted by atomic mass is 35.5. The van der Waals surface area contributed by atoms with Crippen molar-refractivity contribution in [2.45, 2.75) is 64.5 Å². The Morgan fingerprint density at radius 2 is 2.10 bits per heavy atom. The third-order valence-electron chi connectivity index (χ3n) is 4.58. The van der Waals surface area contributed by atoms with Gasteiger partial charge in [0.2, 0.25) is 0 Å². The minimum absolute atomic E-state index is 0.357. The van der Waals surface area contributed by atoms with Crippen LogP contribution in [0.1, 0.15) is 50.4 Å². The molecule has 1 saturated heterocycles. The fourth-order valence-electron chi connectivity index (χ4n) is 3.50. The van der Waals surface area contributed by atoms with E-state index in [2.05, 4.69) is 16.8 Å². The van der Waals surface area contributed by atoms with Crippen molar-refractivity contribution in [3.63, 3.8) is 0 Å². The Balaban J connectivity index is 1.94. The molecule has 0 amide bonds. The lowest BCUT2D eigenvalue weighted by Crippen LogP contribution is -2.53. The smallest absolute Gasteiger partial charge is 0.137 e. The van der Waals surface area contributed by atoms with Gasteiger partial charge in [-0.2, -0.15) is 0 Å². The lowest BCUT2D eigenvalue weighted by atomic mass is 9.90. The second-order valence-electron chi connectivity index (χ2n) is 6.08. The zero-order valence-corrected chi connectivity index (χ0v) is 13.7. The summed E-state index contributed by atoms with van der Waals surface area (Å²) in [4.78, 5) is 11.7. The summed E-state index contributed by atoms with van der Waals surface area (Å²) in [6.45, 7) is 5.86. The molecule has 21 heavy (non-hydrogen) atoms. The topological polar surface area (TPSA) is 38.2 Å². The summed E-state index contributed by atoms with van der Waals surface area (Å²) in [7, 11) is 0. The van der Waals surface area contributed by atoms with Crippen molar-refractivity contribution in [3.05, 3.63) is 16.5 Å². The van der Waals surface area contributed by atoms with Gasteiger partial charge >= 0.3 is 0 Å². The fraction of sp³-hybridized carbons (Fsp3) is 0.750. The molecule has 1 aromatic rings. The largest absolute Gasteiger partial charge is 0.374 e. The Morgan fingerprint density at radius 3 is 2.90 bits per heavy atom. The molecular formula is C16H24ClN3O. The van der Waals surface area contributed by atoms with Gasteiger partial charge in [-0.15, -0.1) is 0 Å². The van der Waals surface area contributed by atoms with Crippen LogP contribution in [0.15, 0.2) is 0 Å². The number of anilines is 1. The Hall–Kier alpha value is -0.870. The normalized spacial score (nSPS) is 25.8. The van der Waals surface area contributed by atoms with E-state index in [1.165, 1.54) is 25.7 Å². The van der Waals surface area contributed by atoms with Gasteiger partial charge in [-0.1, -0.05) is 31.4 Å². The molecule has 2 aliphatic rings. The SMILES string of the molecule is CCCc1nc(Cl)c(C)c(N2CCOC3CCCCC32)n1. The molecule has 116 valence electrons. The third kappa shape index (κ3) is 3.02. The van der Waals surface area contributed by atoms with Crippen LogP contribution in [-0.4, -0.2) is 35.3 Å². The van der Waals surface area contributed by atoms with Crippen molar-refractivity contribution in [2.24, 2.45) is 0 Å². The van der Waals surface area contributed by atoms with Gasteiger partial charge in [-0.3, -0.25) is 0 Å². The Labute approximate surface area is 131 Å². The summed E-state index contributed by atoms with van der Waals surface area (Å²) < 4.78 is 5.96. The first-order valence-electron chi connectivity index (χ1n) is 8.12. The third-order valence-corrected chi connectivity index (χ3v) is 4.95. The number of hydrogen-bond acceptors (Lipinski definition) is 4. The second-order valence-corrected chi connectivity index (χ2v) is 6.44. The van der Waals surface area contributed by atoms with Crippen molar-refractivity contribution in [3.8, 4) is 0 Å². The predicted octanol–water partition coefficient (Wildman–Crippen LogP) is 3.54. The van der Waals surface area contributed by atoms with Crippen LogP contribution in [0.2, 0.25) is 5.15 Å². The Bertz CT molecular complexity index is 507. The molecule has 2 atom stereocenters. The molecule has 5 heteroatoms. The molecular weight excluding hydrogens is 286 g/mol. The van der Waals surface area contributed by atoms with Gasteiger partial charge in [-0.05, 0) is 26.2 Å². The summed E-state index contributed by atoms with van der Waals surface area (Å²) in [6, 6.07) is 0.451. The van der Waals surface area contributed by atoms with Gasteiger partial charge in [0.15, 0.2) is 0 Å². The van der Waals surface area contributed by atoms with E-state index >= 15 is 0 Å². The highest BCUT2D eigenvalue weighted by Gasteiger charge is 2.35. The molecule has 2 fully saturated rings. The number of ether oxygens (including phenoxy) is 1. The quantitative estimate of drug-likeness (QED) is 0.801. The van der Waals surface area contributed by atoms with Crippen LogP contribution in [0.4, 0.5) is 5.82 Å². The molecule has 0 bridgehead atoms. The van der Waals surface area contributed by atoms with Gasteiger partial charge < -0.3 is 9.64 Å². The number of aryl methyl sites for hydroxylation is 1. The molecule has 0 N–H and O–H groups in total. The summed E-state index contributed by atoms with van der Waals surface area (Å²) in [5, 5.41) is 0.599. The molecule has 2 heterocycles. The molecule has 0 spiro atoms. The van der Waals surface area contributed by atoms with Crippen LogP contribution in [0.25, 0.3) is 0 Å². The van der Waals surface area contributed by atoms with Crippen LogP contribution >= 0.6 is 11.6 Å². The number of hydrogen-bond donors (Lipinski definition) is 0. The van der Waals surface area contributed by atoms with E-state index in [0.29, 0.717) is 17.3 Å². The maximum atomic E-state index is 6.34. The van der Waals surface area contributed by atoms with Crippen LogP contribution in [0, 0.1) is 6.92 Å². The number of morpholine rings is 1. The van der Waals surface area contributed by atoms with Crippen molar-refractivity contribution >= 4 is 17.4 Å². The van der Waals surface area contributed by atoms with E-state index in [0.717, 1.165) is 43.2 Å². The number of nitrogens with zero attached hydrogens (tertiary/aromatic N) is 3. The van der Waals surface area contributed by atoms with Crippen LogP contribution in [0.5, 0.6) is 0 Å². The number of halogens is 1. The highest BCUT2D eigenvalue weighted by Crippen LogP contribution is 2.34. The summed E-state index contributed by atoms with van der Waals surface area (Å²) in [5.41, 5.74) is 1.00. The van der Waals surface area contributed by atoms with Crippen molar-refractivity contribution < 1.29 is 4.74 Å². The minimum atomic E-state index is 0.357. The molecule has 0 radical (unpaired) electrons. The van der Waals surface area contributed by atoms with Gasteiger partial charge in [-0.25, -0.2) is 9.97 Å². The van der Waals surface area contributed by atoms with Crippen molar-refractivity contribution in [2.75, 3.05) is 18.1 Å². The zero-order chi connectivity index (χ0) is 14.8. The summed E-state index contributed by atoms with van der Waals surface area (Å²) in [5.74, 6) is 1.89. The van der Waals surface area contributed by atoms with E-state index in [1.54, 1.807) is 0 Å². The summed E-state index contributed by atoms with van der Waals surface area (Å²) in [6.07, 6.45) is 7.19. The van der Waals surface area contributed by atoms with Crippen LogP contribution < -0.4 is 4.90 Å². The second kappa shape index (κ2) is 6.49. The molecule has 1 saturated carbocycles. The summed E-state index contributed by atoms with van der Waals surface area (Å²) >= 11 is 6.34. The number of aromatic nitrogens is 2. The zero-order valence-electron chi connectivity index (χ0n) is 12.9. The molecule has 1 aromatic heterocycles. The fourth-order valence-corrected chi connectivity index (χ4v) is 3.68. The van der Waals surface area contributed by atoms with E-state index in [-0.39, 0.29) is 0 Å². The Kier molecular flexibility index (Phi) is 4.65. The predicted molar refractivity (Wildman–Crippen MR) is 85.1 cm³/mol. The van der Waals surface area contributed by atoms with E-state index in [9.17, 15) is 0 Å². The molecule has 3 rings (SSSR count). The first kappa shape index (κ1) is 15.0. The average molecular weight is 310 g/mol. The highest BCUT2D eigenvalue weighted by molar-refractivity contribution is 6.30. The molecule has 2 unspecified atom stereocenters. The molecule has 0 aromatic carbocycles. The van der Waals surface area contributed by atoms with E-state index in [4.69, 9.17) is 21.3 Å². The maximum Gasteiger partial charge on any atom is 0.137 e. The molecule has 4 nitrogen and oxygen atoms in total. The lowest BCUT2D eigenvalue weighted by molar-refractivity contribution is -0.00905. The van der Waals surface area contributed by atoms with Crippen LogP contribution in [0.3, 0.4) is 0 Å². The van der Waals surface area contributed by atoms with Crippen molar-refractivity contribution in [1.29, 1.82) is 0 Å². The first-order valence-corrected chi connectivity index (χ1v) is 8.49. The standard InChI is InChI=1S/C16H24ClN3O/c1-3-6-14-18-15(17)11(2)16(19-14)20-9-10-21-13-8-5-4-7-12(13)20/h12-13H,3-10H2,1-2H3. The molecule has 1 aliphatic carbocycles. The van der Waals surface area contributed by atoms with Gasteiger partial charge in [0, 0.05) is 18.5 Å². The number of rotatable bonds is 3.